The average molecular weight is 256 g/mol. The normalized spacial score (nSPS) is 6.60. The van der Waals surface area contributed by atoms with Gasteiger partial charge < -0.3 is 29.8 Å². The molecule has 0 saturated carbocycles. The Balaban J connectivity index is -0.000000163. The smallest absolute Gasteiger partial charge is 1.00 e. The van der Waals surface area contributed by atoms with Gasteiger partial charge in [-0.2, -0.15) is 11.1 Å². The summed E-state index contributed by atoms with van der Waals surface area (Å²) in [6.45, 7) is 4.09. The molecule has 1 heterocycles. The number of hydrogen-bond acceptors (Lipinski definition) is 0. The Morgan fingerprint density at radius 2 is 1.80 bits per heavy atom. The third-order valence-electron chi connectivity index (χ3n) is 1.14. The van der Waals surface area contributed by atoms with Crippen LogP contribution in [0.15, 0.2) is 6.20 Å². The van der Waals surface area contributed by atoms with Crippen LogP contribution in [0.1, 0.15) is 11.1 Å². The van der Waals surface area contributed by atoms with Gasteiger partial charge in [0.25, 0.3) is 0 Å². The Morgan fingerprint density at radius 1 is 1.30 bits per heavy atom. The van der Waals surface area contributed by atoms with Crippen LogP contribution in [-0.2, 0) is 26.2 Å². The summed E-state index contributed by atoms with van der Waals surface area (Å²) in [7, 11) is 0. The topological polar surface area (TPSA) is 15.8 Å². The number of rotatable bonds is 0. The van der Waals surface area contributed by atoms with E-state index in [1.165, 1.54) is 11.1 Å². The number of aromatic amines is 1. The predicted octanol–water partition coefficient (Wildman–Crippen LogP) is -4.56. The second kappa shape index (κ2) is 7.85. The zero-order valence-electron chi connectivity index (χ0n) is 5.83. The van der Waals surface area contributed by atoms with Gasteiger partial charge >= 0.3 is 26.2 Å². The minimum absolute atomic E-state index is 0. The fourth-order valence-corrected chi connectivity index (χ4v) is 0.459. The summed E-state index contributed by atoms with van der Waals surface area (Å²) < 4.78 is 0. The summed E-state index contributed by atoms with van der Waals surface area (Å²) >= 11 is 0. The Labute approximate surface area is 92.9 Å². The molecule has 0 spiro atoms. The van der Waals surface area contributed by atoms with E-state index in [0.717, 1.165) is 0 Å². The van der Waals surface area contributed by atoms with Crippen LogP contribution in [-0.4, -0.2) is 4.98 Å². The maximum absolute atomic E-state index is 2.94. The second-order valence-electron chi connectivity index (χ2n) is 1.72. The van der Waals surface area contributed by atoms with E-state index >= 15 is 0 Å². The first-order chi connectivity index (χ1) is 3.30. The SMILES string of the molecule is Cc1[c-][nH]cc1C.[Cl-].[Cl-].[Zr+3]. The van der Waals surface area contributed by atoms with Crippen LogP contribution in [0.3, 0.4) is 0 Å². The maximum atomic E-state index is 2.94. The Bertz CT molecular complexity index is 148. The molecule has 0 atom stereocenters. The van der Waals surface area contributed by atoms with E-state index < -0.39 is 0 Å². The number of aromatic nitrogens is 1. The van der Waals surface area contributed by atoms with Gasteiger partial charge in [0.1, 0.15) is 0 Å². The largest absolute Gasteiger partial charge is 3.00 e. The summed E-state index contributed by atoms with van der Waals surface area (Å²) in [5.74, 6) is 0. The van der Waals surface area contributed by atoms with E-state index in [0.29, 0.717) is 0 Å². The Kier molecular flexibility index (Phi) is 13.3. The summed E-state index contributed by atoms with van der Waals surface area (Å²) in [6.07, 6.45) is 4.88. The fraction of sp³-hybridized carbons (Fsp3) is 0.333. The second-order valence-corrected chi connectivity index (χ2v) is 1.72. The molecule has 0 amide bonds. The molecule has 0 fully saturated rings. The molecular weight excluding hydrogens is 248 g/mol. The molecule has 0 saturated heterocycles. The molecule has 1 nitrogen and oxygen atoms in total. The van der Waals surface area contributed by atoms with Crippen molar-refractivity contribution in [1.29, 1.82) is 0 Å². The third-order valence-corrected chi connectivity index (χ3v) is 1.14. The van der Waals surface area contributed by atoms with Gasteiger partial charge in [0.2, 0.25) is 0 Å². The number of aryl methyl sites for hydroxylation is 2. The first-order valence-corrected chi connectivity index (χ1v) is 2.33. The number of hydrogen-bond donors (Lipinski definition) is 1. The third kappa shape index (κ3) is 4.54. The summed E-state index contributed by atoms with van der Waals surface area (Å²) in [5.41, 5.74) is 2.49. The van der Waals surface area contributed by atoms with Crippen molar-refractivity contribution in [1.82, 2.24) is 4.98 Å². The molecule has 0 bridgehead atoms. The fourth-order valence-electron chi connectivity index (χ4n) is 0.459. The molecule has 1 aromatic heterocycles. The van der Waals surface area contributed by atoms with Crippen molar-refractivity contribution in [3.05, 3.63) is 23.5 Å². The molecule has 1 aromatic rings. The van der Waals surface area contributed by atoms with E-state index in [4.69, 9.17) is 0 Å². The van der Waals surface area contributed by atoms with Crippen molar-refractivity contribution >= 4 is 0 Å². The van der Waals surface area contributed by atoms with Gasteiger partial charge in [-0.15, -0.1) is 12.4 Å². The first kappa shape index (κ1) is 17.0. The van der Waals surface area contributed by atoms with E-state index in [1.54, 1.807) is 0 Å². The van der Waals surface area contributed by atoms with E-state index in [-0.39, 0.29) is 51.0 Å². The first-order valence-electron chi connectivity index (χ1n) is 2.33. The van der Waals surface area contributed by atoms with E-state index in [9.17, 15) is 0 Å². The molecule has 0 aromatic carbocycles. The van der Waals surface area contributed by atoms with Crippen molar-refractivity contribution in [2.75, 3.05) is 0 Å². The van der Waals surface area contributed by atoms with Crippen molar-refractivity contribution in [2.24, 2.45) is 0 Å². The minimum Gasteiger partial charge on any atom is -1.00 e. The minimum atomic E-state index is 0. The standard InChI is InChI=1S/C6H8N.2ClH.Zr/c1-5-3-7-4-6(5)2;;;/h3,7H,1-2H3;2*1H;/q-1;;;+3/p-2. The summed E-state index contributed by atoms with van der Waals surface area (Å²) in [6, 6.07) is 0. The Morgan fingerprint density at radius 3 is 1.90 bits per heavy atom. The molecule has 1 N–H and O–H groups in total. The molecule has 10 heavy (non-hydrogen) atoms. The molecule has 55 valence electrons. The molecule has 1 radical (unpaired) electrons. The van der Waals surface area contributed by atoms with Gasteiger partial charge in [0.15, 0.2) is 0 Å². The van der Waals surface area contributed by atoms with E-state index in [2.05, 4.69) is 18.1 Å². The Hall–Kier alpha value is 0.743. The van der Waals surface area contributed by atoms with Crippen molar-refractivity contribution in [3.63, 3.8) is 0 Å². The van der Waals surface area contributed by atoms with Crippen LogP contribution in [0.5, 0.6) is 0 Å². The monoisotopic (exact) mass is 254 g/mol. The number of H-pyrrole nitrogens is 1. The van der Waals surface area contributed by atoms with Gasteiger partial charge in [0.05, 0.1) is 0 Å². The van der Waals surface area contributed by atoms with Crippen LogP contribution in [0.4, 0.5) is 0 Å². The average Bonchev–Trinajstić information content (AvgIpc) is 1.91. The molecule has 0 aliphatic carbocycles. The molecule has 0 aliphatic rings. The predicted molar refractivity (Wildman–Crippen MR) is 29.1 cm³/mol. The van der Waals surface area contributed by atoms with Gasteiger partial charge in [0, 0.05) is 0 Å². The van der Waals surface area contributed by atoms with Crippen LogP contribution < -0.4 is 24.8 Å². The van der Waals surface area contributed by atoms with Crippen molar-refractivity contribution in [2.45, 2.75) is 13.8 Å². The molecule has 1 rings (SSSR count). The zero-order chi connectivity index (χ0) is 5.28. The van der Waals surface area contributed by atoms with Crippen molar-refractivity contribution in [3.8, 4) is 0 Å². The molecule has 0 aliphatic heterocycles. The molecule has 4 heteroatoms. The zero-order valence-corrected chi connectivity index (χ0v) is 9.80. The quantitative estimate of drug-likeness (QED) is 0.450. The molecule has 0 unspecified atom stereocenters. The van der Waals surface area contributed by atoms with Crippen LogP contribution in [0, 0.1) is 20.0 Å². The van der Waals surface area contributed by atoms with Crippen LogP contribution in [0.25, 0.3) is 0 Å². The van der Waals surface area contributed by atoms with Gasteiger partial charge in [-0.05, 0) is 0 Å². The number of nitrogens with one attached hydrogen (secondary N) is 1. The molecular formula is C6H8Cl2NZr. The van der Waals surface area contributed by atoms with Crippen molar-refractivity contribution < 1.29 is 51.0 Å². The number of halogens is 2. The van der Waals surface area contributed by atoms with Gasteiger partial charge in [-0.25, -0.2) is 0 Å². The maximum Gasteiger partial charge on any atom is 3.00 e. The van der Waals surface area contributed by atoms with Gasteiger partial charge in [-0.1, -0.05) is 13.8 Å². The van der Waals surface area contributed by atoms with Crippen LogP contribution in [0.2, 0.25) is 0 Å². The summed E-state index contributed by atoms with van der Waals surface area (Å²) in [5, 5.41) is 0. The van der Waals surface area contributed by atoms with Gasteiger partial charge in [-0.3, -0.25) is 0 Å². The van der Waals surface area contributed by atoms with E-state index in [1.807, 2.05) is 13.1 Å². The van der Waals surface area contributed by atoms with Crippen LogP contribution >= 0.6 is 0 Å². The summed E-state index contributed by atoms with van der Waals surface area (Å²) in [4.78, 5) is 2.87.